The number of hydrogen-bond acceptors (Lipinski definition) is 5. The van der Waals surface area contributed by atoms with Gasteiger partial charge in [0, 0.05) is 12.1 Å². The van der Waals surface area contributed by atoms with E-state index in [0.717, 1.165) is 42.6 Å². The molecule has 0 spiro atoms. The van der Waals surface area contributed by atoms with Gasteiger partial charge >= 0.3 is 0 Å². The summed E-state index contributed by atoms with van der Waals surface area (Å²) in [6, 6.07) is 12.0. The Balaban J connectivity index is 2.09. The number of Topliss-reactive ketones (excluding diaryl/α,β-unsaturated/α-hetero) is 1. The van der Waals surface area contributed by atoms with Gasteiger partial charge in [0.25, 0.3) is 11.7 Å². The summed E-state index contributed by atoms with van der Waals surface area (Å²) in [7, 11) is 0. The first-order valence-corrected chi connectivity index (χ1v) is 12.2. The number of benzene rings is 2. The van der Waals surface area contributed by atoms with Gasteiger partial charge in [-0.3, -0.25) is 9.59 Å². The first-order chi connectivity index (χ1) is 16.4. The van der Waals surface area contributed by atoms with Crippen molar-refractivity contribution >= 4 is 17.4 Å². The Labute approximate surface area is 202 Å². The van der Waals surface area contributed by atoms with Crippen molar-refractivity contribution in [2.75, 3.05) is 19.8 Å². The molecule has 0 aliphatic carbocycles. The van der Waals surface area contributed by atoms with Crippen molar-refractivity contribution in [3.63, 3.8) is 0 Å². The minimum atomic E-state index is -0.673. The van der Waals surface area contributed by atoms with Crippen molar-refractivity contribution in [1.29, 1.82) is 0 Å². The van der Waals surface area contributed by atoms with Crippen molar-refractivity contribution in [3.05, 3.63) is 64.7 Å². The van der Waals surface area contributed by atoms with E-state index < -0.39 is 17.7 Å². The third-order valence-corrected chi connectivity index (χ3v) is 5.94. The molecule has 1 heterocycles. The first-order valence-electron chi connectivity index (χ1n) is 12.2. The molecule has 6 heteroatoms. The van der Waals surface area contributed by atoms with Crippen LogP contribution in [-0.2, 0) is 9.59 Å². The molecular formula is C28H35NO5. The zero-order chi connectivity index (χ0) is 24.7. The van der Waals surface area contributed by atoms with Crippen molar-refractivity contribution in [3.8, 4) is 11.5 Å². The lowest BCUT2D eigenvalue weighted by Crippen LogP contribution is -2.30. The topological polar surface area (TPSA) is 76.1 Å². The molecule has 0 aromatic heterocycles. The number of nitrogens with zero attached hydrogens (tertiary/aromatic N) is 1. The van der Waals surface area contributed by atoms with Gasteiger partial charge in [-0.15, -0.1) is 0 Å². The molecule has 3 rings (SSSR count). The maximum absolute atomic E-state index is 13.2. The number of carbonyl (C=O) groups is 2. The molecule has 0 saturated carbocycles. The minimum Gasteiger partial charge on any atom is -0.507 e. The summed E-state index contributed by atoms with van der Waals surface area (Å²) in [6.07, 6.45) is 3.63. The minimum absolute atomic E-state index is 0.108. The van der Waals surface area contributed by atoms with Gasteiger partial charge in [0.05, 0.1) is 24.8 Å². The van der Waals surface area contributed by atoms with Crippen molar-refractivity contribution < 1.29 is 24.2 Å². The fraction of sp³-hybridized carbons (Fsp3) is 0.429. The Bertz CT molecular complexity index is 1060. The van der Waals surface area contributed by atoms with E-state index in [0.29, 0.717) is 31.1 Å². The highest BCUT2D eigenvalue weighted by molar-refractivity contribution is 6.46. The molecule has 1 saturated heterocycles. The van der Waals surface area contributed by atoms with Crippen molar-refractivity contribution in [2.45, 2.75) is 59.4 Å². The number of ketones is 1. The van der Waals surface area contributed by atoms with E-state index >= 15 is 0 Å². The number of hydrogen-bond donors (Lipinski definition) is 1. The Hall–Kier alpha value is -3.28. The second-order valence-electron chi connectivity index (χ2n) is 8.53. The summed E-state index contributed by atoms with van der Waals surface area (Å²) in [6.45, 7) is 9.48. The Morgan fingerprint density at radius 1 is 1.00 bits per heavy atom. The molecule has 1 N–H and O–H groups in total. The van der Waals surface area contributed by atoms with Crippen LogP contribution in [0.25, 0.3) is 5.76 Å². The number of amides is 1. The number of ether oxygens (including phenoxy) is 2. The SMILES string of the molecule is CCCCCN1C(=O)C(=O)/C(=C(/O)c2ccc(OCCC)c(C)c2)C1c1cccc(OCC)c1. The molecule has 1 fully saturated rings. The molecule has 0 radical (unpaired) electrons. The number of carbonyl (C=O) groups excluding carboxylic acids is 2. The summed E-state index contributed by atoms with van der Waals surface area (Å²) >= 11 is 0. The highest BCUT2D eigenvalue weighted by atomic mass is 16.5. The third-order valence-electron chi connectivity index (χ3n) is 5.94. The smallest absolute Gasteiger partial charge is 0.295 e. The van der Waals surface area contributed by atoms with Crippen LogP contribution in [0.2, 0.25) is 0 Å². The highest BCUT2D eigenvalue weighted by Crippen LogP contribution is 2.40. The van der Waals surface area contributed by atoms with E-state index in [2.05, 4.69) is 6.92 Å². The standard InChI is InChI=1S/C28H35NO5/c1-5-8-9-15-29-25(20-11-10-12-22(18-20)33-7-3)24(27(31)28(29)32)26(30)21-13-14-23(19(4)17-21)34-16-6-2/h10-14,17-18,25,30H,5-9,15-16H2,1-4H3/b26-24+. The predicted octanol–water partition coefficient (Wildman–Crippen LogP) is 5.79. The molecule has 182 valence electrons. The van der Waals surface area contributed by atoms with Crippen LogP contribution in [0.4, 0.5) is 0 Å². The van der Waals surface area contributed by atoms with Crippen molar-refractivity contribution in [2.24, 2.45) is 0 Å². The van der Waals surface area contributed by atoms with Gasteiger partial charge < -0.3 is 19.5 Å². The second kappa shape index (κ2) is 11.7. The van der Waals surface area contributed by atoms with Crippen LogP contribution in [0.3, 0.4) is 0 Å². The second-order valence-corrected chi connectivity index (χ2v) is 8.53. The third kappa shape index (κ3) is 5.44. The Morgan fingerprint density at radius 2 is 1.79 bits per heavy atom. The zero-order valence-corrected chi connectivity index (χ0v) is 20.6. The molecular weight excluding hydrogens is 430 g/mol. The Morgan fingerprint density at radius 3 is 2.47 bits per heavy atom. The monoisotopic (exact) mass is 465 g/mol. The van der Waals surface area contributed by atoms with E-state index in [1.165, 1.54) is 0 Å². The summed E-state index contributed by atoms with van der Waals surface area (Å²) in [5.41, 5.74) is 2.18. The normalized spacial score (nSPS) is 17.3. The molecule has 2 aromatic carbocycles. The number of aryl methyl sites for hydroxylation is 1. The number of likely N-dealkylation sites (tertiary alicyclic amines) is 1. The Kier molecular flexibility index (Phi) is 8.74. The van der Waals surface area contributed by atoms with E-state index in [1.54, 1.807) is 23.1 Å². The maximum atomic E-state index is 13.2. The average molecular weight is 466 g/mol. The van der Waals surface area contributed by atoms with Crippen LogP contribution >= 0.6 is 0 Å². The van der Waals surface area contributed by atoms with E-state index in [-0.39, 0.29) is 11.3 Å². The molecule has 1 unspecified atom stereocenters. The molecule has 2 aromatic rings. The molecule has 34 heavy (non-hydrogen) atoms. The van der Waals surface area contributed by atoms with Crippen LogP contribution in [-0.4, -0.2) is 41.5 Å². The molecule has 6 nitrogen and oxygen atoms in total. The van der Waals surface area contributed by atoms with Crippen LogP contribution in [0.15, 0.2) is 48.0 Å². The van der Waals surface area contributed by atoms with Crippen LogP contribution in [0.5, 0.6) is 11.5 Å². The quantitative estimate of drug-likeness (QED) is 0.197. The van der Waals surface area contributed by atoms with Gasteiger partial charge in [-0.25, -0.2) is 0 Å². The molecule has 0 bridgehead atoms. The number of aliphatic hydroxyl groups is 1. The highest BCUT2D eigenvalue weighted by Gasteiger charge is 2.45. The van der Waals surface area contributed by atoms with Crippen LogP contribution in [0, 0.1) is 6.92 Å². The summed E-state index contributed by atoms with van der Waals surface area (Å²) in [5, 5.41) is 11.3. The number of unbranched alkanes of at least 4 members (excludes halogenated alkanes) is 2. The lowest BCUT2D eigenvalue weighted by Gasteiger charge is -2.25. The van der Waals surface area contributed by atoms with Gasteiger partial charge in [0.15, 0.2) is 0 Å². The van der Waals surface area contributed by atoms with Gasteiger partial charge in [-0.1, -0.05) is 38.8 Å². The van der Waals surface area contributed by atoms with E-state index in [9.17, 15) is 14.7 Å². The van der Waals surface area contributed by atoms with Gasteiger partial charge in [-0.05, 0) is 68.1 Å². The summed E-state index contributed by atoms with van der Waals surface area (Å²) < 4.78 is 11.4. The van der Waals surface area contributed by atoms with Crippen LogP contribution < -0.4 is 9.47 Å². The van der Waals surface area contributed by atoms with Gasteiger partial charge in [0.2, 0.25) is 0 Å². The lowest BCUT2D eigenvalue weighted by molar-refractivity contribution is -0.139. The zero-order valence-electron chi connectivity index (χ0n) is 20.6. The first kappa shape index (κ1) is 25.3. The van der Waals surface area contributed by atoms with Gasteiger partial charge in [-0.2, -0.15) is 0 Å². The summed E-state index contributed by atoms with van der Waals surface area (Å²) in [5.74, 6) is -0.0195. The summed E-state index contributed by atoms with van der Waals surface area (Å²) in [4.78, 5) is 27.8. The molecule has 1 aliphatic rings. The van der Waals surface area contributed by atoms with Crippen molar-refractivity contribution in [1.82, 2.24) is 4.90 Å². The fourth-order valence-electron chi connectivity index (χ4n) is 4.26. The van der Waals surface area contributed by atoms with Crippen LogP contribution in [0.1, 0.15) is 69.2 Å². The molecule has 1 aliphatic heterocycles. The maximum Gasteiger partial charge on any atom is 0.295 e. The fourth-order valence-corrected chi connectivity index (χ4v) is 4.26. The largest absolute Gasteiger partial charge is 0.507 e. The van der Waals surface area contributed by atoms with E-state index in [4.69, 9.17) is 9.47 Å². The number of aliphatic hydroxyl groups excluding tert-OH is 1. The lowest BCUT2D eigenvalue weighted by atomic mass is 9.94. The average Bonchev–Trinajstić information content (AvgIpc) is 3.08. The predicted molar refractivity (Wildman–Crippen MR) is 133 cm³/mol. The van der Waals surface area contributed by atoms with Gasteiger partial charge in [0.1, 0.15) is 17.3 Å². The molecule has 1 amide bonds. The molecule has 1 atom stereocenters. The number of rotatable bonds is 11. The van der Waals surface area contributed by atoms with E-state index in [1.807, 2.05) is 45.0 Å².